The zero-order valence-electron chi connectivity index (χ0n) is 14.2. The van der Waals surface area contributed by atoms with Crippen molar-refractivity contribution >= 4 is 21.6 Å². The molecular formula is C18H26ClNO3S. The molecule has 0 saturated heterocycles. The molecule has 24 heavy (non-hydrogen) atoms. The van der Waals surface area contributed by atoms with E-state index in [0.717, 1.165) is 0 Å². The van der Waals surface area contributed by atoms with Crippen LogP contribution in [0.4, 0.5) is 0 Å². The fourth-order valence-corrected chi connectivity index (χ4v) is 4.22. The van der Waals surface area contributed by atoms with Crippen LogP contribution >= 0.6 is 11.6 Å². The molecule has 2 atom stereocenters. The Morgan fingerprint density at radius 3 is 2.17 bits per heavy atom. The number of hydrogen-bond acceptors (Lipinski definition) is 3. The second-order valence-corrected chi connectivity index (χ2v) is 8.18. The average Bonchev–Trinajstić information content (AvgIpc) is 2.53. The van der Waals surface area contributed by atoms with Crippen LogP contribution in [0, 0.1) is 5.92 Å². The van der Waals surface area contributed by atoms with Crippen LogP contribution < -0.4 is 4.72 Å². The Kier molecular flexibility index (Phi) is 7.67. The summed E-state index contributed by atoms with van der Waals surface area (Å²) in [5, 5.41) is 11.5. The van der Waals surface area contributed by atoms with Crippen molar-refractivity contribution < 1.29 is 13.5 Å². The SMILES string of the molecule is C=CCC(O)(CC=C)C(NS(=O)(=O)c1ccc(Cl)cc1)C(C)CC. The summed E-state index contributed by atoms with van der Waals surface area (Å²) in [6.45, 7) is 11.2. The fourth-order valence-electron chi connectivity index (χ4n) is 2.68. The lowest BCUT2D eigenvalue weighted by molar-refractivity contribution is -0.00403. The second-order valence-electron chi connectivity index (χ2n) is 6.03. The van der Waals surface area contributed by atoms with Gasteiger partial charge in [-0.1, -0.05) is 44.0 Å². The predicted molar refractivity (Wildman–Crippen MR) is 99.6 cm³/mol. The Bertz CT molecular complexity index is 645. The first-order chi connectivity index (χ1) is 11.2. The number of benzene rings is 1. The van der Waals surface area contributed by atoms with Gasteiger partial charge in [-0.25, -0.2) is 13.1 Å². The Balaban J connectivity index is 3.23. The molecule has 2 N–H and O–H groups in total. The predicted octanol–water partition coefficient (Wildman–Crippen LogP) is 3.92. The van der Waals surface area contributed by atoms with Crippen molar-refractivity contribution in [2.75, 3.05) is 0 Å². The third-order valence-corrected chi connectivity index (χ3v) is 5.90. The van der Waals surface area contributed by atoms with Crippen LogP contribution in [0.5, 0.6) is 0 Å². The summed E-state index contributed by atoms with van der Waals surface area (Å²) in [5.41, 5.74) is -1.28. The standard InChI is InChI=1S/C18H26ClNO3S/c1-5-12-18(21,13-6-2)17(14(4)7-3)20-24(22,23)16-10-8-15(19)9-11-16/h5-6,8-11,14,17,20-21H,1-2,7,12-13H2,3-4H3. The molecule has 0 aliphatic rings. The van der Waals surface area contributed by atoms with Gasteiger partial charge in [0.1, 0.15) is 0 Å². The van der Waals surface area contributed by atoms with Gasteiger partial charge in [-0.3, -0.25) is 0 Å². The first kappa shape index (κ1) is 20.9. The molecule has 6 heteroatoms. The van der Waals surface area contributed by atoms with E-state index < -0.39 is 21.7 Å². The van der Waals surface area contributed by atoms with E-state index in [-0.39, 0.29) is 23.7 Å². The first-order valence-electron chi connectivity index (χ1n) is 7.92. The Morgan fingerprint density at radius 2 is 1.75 bits per heavy atom. The molecule has 0 bridgehead atoms. The number of nitrogens with one attached hydrogen (secondary N) is 1. The normalized spacial score (nSPS) is 14.8. The summed E-state index contributed by atoms with van der Waals surface area (Å²) in [6.07, 6.45) is 4.42. The van der Waals surface area contributed by atoms with Crippen molar-refractivity contribution in [1.82, 2.24) is 4.72 Å². The smallest absolute Gasteiger partial charge is 0.240 e. The number of hydrogen-bond donors (Lipinski definition) is 2. The van der Waals surface area contributed by atoms with E-state index >= 15 is 0 Å². The lowest BCUT2D eigenvalue weighted by atomic mass is 9.80. The summed E-state index contributed by atoms with van der Waals surface area (Å²) in [7, 11) is -3.79. The van der Waals surface area contributed by atoms with Crippen molar-refractivity contribution in [3.63, 3.8) is 0 Å². The fraction of sp³-hybridized carbons (Fsp3) is 0.444. The highest BCUT2D eigenvalue weighted by Gasteiger charge is 2.40. The third-order valence-electron chi connectivity index (χ3n) is 4.19. The minimum atomic E-state index is -3.79. The Morgan fingerprint density at radius 1 is 1.25 bits per heavy atom. The molecule has 0 heterocycles. The number of rotatable bonds is 10. The molecule has 4 nitrogen and oxygen atoms in total. The van der Waals surface area contributed by atoms with Crippen LogP contribution in [0.3, 0.4) is 0 Å². The third kappa shape index (κ3) is 5.18. The molecule has 0 aliphatic heterocycles. The van der Waals surface area contributed by atoms with Gasteiger partial charge in [0, 0.05) is 5.02 Å². The van der Waals surface area contributed by atoms with Gasteiger partial charge in [0.05, 0.1) is 16.5 Å². The van der Waals surface area contributed by atoms with Crippen molar-refractivity contribution in [1.29, 1.82) is 0 Å². The highest BCUT2D eigenvalue weighted by molar-refractivity contribution is 7.89. The van der Waals surface area contributed by atoms with Crippen LogP contribution in [0.2, 0.25) is 5.02 Å². The van der Waals surface area contributed by atoms with Gasteiger partial charge in [-0.2, -0.15) is 0 Å². The monoisotopic (exact) mass is 371 g/mol. The van der Waals surface area contributed by atoms with E-state index in [9.17, 15) is 13.5 Å². The zero-order chi connectivity index (χ0) is 18.4. The Labute approximate surface area is 150 Å². The van der Waals surface area contributed by atoms with E-state index in [2.05, 4.69) is 17.9 Å². The summed E-state index contributed by atoms with van der Waals surface area (Å²) in [5.74, 6) is -0.0722. The van der Waals surface area contributed by atoms with Gasteiger partial charge >= 0.3 is 0 Å². The van der Waals surface area contributed by atoms with Crippen LogP contribution in [0.15, 0.2) is 54.5 Å². The molecule has 0 saturated carbocycles. The minimum absolute atomic E-state index is 0.0722. The summed E-state index contributed by atoms with van der Waals surface area (Å²) in [4.78, 5) is 0.111. The molecule has 1 rings (SSSR count). The largest absolute Gasteiger partial charge is 0.388 e. The number of halogens is 1. The zero-order valence-corrected chi connectivity index (χ0v) is 15.8. The Hall–Kier alpha value is -1.14. The van der Waals surface area contributed by atoms with Crippen molar-refractivity contribution in [2.45, 2.75) is 49.6 Å². The molecule has 0 spiro atoms. The lowest BCUT2D eigenvalue weighted by Crippen LogP contribution is -2.55. The molecular weight excluding hydrogens is 346 g/mol. The summed E-state index contributed by atoms with van der Waals surface area (Å²) in [6, 6.07) is 5.26. The van der Waals surface area contributed by atoms with Gasteiger partial charge in [0.15, 0.2) is 0 Å². The molecule has 1 aromatic carbocycles. The second kappa shape index (κ2) is 8.81. The molecule has 0 fully saturated rings. The minimum Gasteiger partial charge on any atom is -0.388 e. The van der Waals surface area contributed by atoms with Crippen molar-refractivity contribution in [2.24, 2.45) is 5.92 Å². The van der Waals surface area contributed by atoms with Gasteiger partial charge < -0.3 is 5.11 Å². The average molecular weight is 372 g/mol. The highest BCUT2D eigenvalue weighted by Crippen LogP contribution is 2.29. The van der Waals surface area contributed by atoms with Crippen LogP contribution in [-0.2, 0) is 10.0 Å². The molecule has 0 radical (unpaired) electrons. The molecule has 134 valence electrons. The van der Waals surface area contributed by atoms with Crippen LogP contribution in [0.1, 0.15) is 33.1 Å². The van der Waals surface area contributed by atoms with E-state index in [1.807, 2.05) is 13.8 Å². The molecule has 0 aromatic heterocycles. The molecule has 0 aliphatic carbocycles. The van der Waals surface area contributed by atoms with Crippen LogP contribution in [0.25, 0.3) is 0 Å². The maximum Gasteiger partial charge on any atom is 0.240 e. The molecule has 1 aromatic rings. The van der Waals surface area contributed by atoms with Gasteiger partial charge in [0.25, 0.3) is 0 Å². The van der Waals surface area contributed by atoms with Crippen LogP contribution in [-0.4, -0.2) is 25.2 Å². The van der Waals surface area contributed by atoms with Crippen molar-refractivity contribution in [3.05, 3.63) is 54.6 Å². The maximum atomic E-state index is 12.7. The van der Waals surface area contributed by atoms with E-state index in [1.54, 1.807) is 12.2 Å². The van der Waals surface area contributed by atoms with E-state index in [0.29, 0.717) is 11.4 Å². The maximum absolute atomic E-state index is 12.7. The molecule has 0 amide bonds. The van der Waals surface area contributed by atoms with E-state index in [1.165, 1.54) is 24.3 Å². The van der Waals surface area contributed by atoms with Crippen molar-refractivity contribution in [3.8, 4) is 0 Å². The quantitative estimate of drug-likeness (QED) is 0.612. The van der Waals surface area contributed by atoms with Gasteiger partial charge in [0.2, 0.25) is 10.0 Å². The van der Waals surface area contributed by atoms with Gasteiger partial charge in [-0.05, 0) is 43.0 Å². The lowest BCUT2D eigenvalue weighted by Gasteiger charge is -2.38. The molecule has 2 unspecified atom stereocenters. The summed E-state index contributed by atoms with van der Waals surface area (Å²) >= 11 is 5.82. The first-order valence-corrected chi connectivity index (χ1v) is 9.78. The number of sulfonamides is 1. The summed E-state index contributed by atoms with van der Waals surface area (Å²) < 4.78 is 28.1. The van der Waals surface area contributed by atoms with Gasteiger partial charge in [-0.15, -0.1) is 13.2 Å². The number of aliphatic hydroxyl groups is 1. The van der Waals surface area contributed by atoms with E-state index in [4.69, 9.17) is 11.6 Å². The highest BCUT2D eigenvalue weighted by atomic mass is 35.5. The topological polar surface area (TPSA) is 66.4 Å².